The molecule has 3 atom stereocenters. The minimum absolute atomic E-state index is 0.0977. The van der Waals surface area contributed by atoms with Crippen molar-refractivity contribution in [2.75, 3.05) is 20.3 Å². The molecule has 4 nitrogen and oxygen atoms in total. The van der Waals surface area contributed by atoms with Crippen LogP contribution in [-0.2, 0) is 9.53 Å². The third-order valence-corrected chi connectivity index (χ3v) is 3.29. The van der Waals surface area contributed by atoms with Gasteiger partial charge < -0.3 is 15.2 Å². The summed E-state index contributed by atoms with van der Waals surface area (Å²) in [6, 6.07) is 0.0977. The number of esters is 1. The first-order valence-electron chi connectivity index (χ1n) is 6.48. The number of carbonyl (C=O) groups is 1. The van der Waals surface area contributed by atoms with Gasteiger partial charge in [0.1, 0.15) is 0 Å². The van der Waals surface area contributed by atoms with Gasteiger partial charge in [-0.3, -0.25) is 4.79 Å². The summed E-state index contributed by atoms with van der Waals surface area (Å²) < 4.78 is 4.72. The summed E-state index contributed by atoms with van der Waals surface area (Å²) in [4.78, 5) is 11.3. The van der Waals surface area contributed by atoms with Crippen LogP contribution in [0.15, 0.2) is 0 Å². The van der Waals surface area contributed by atoms with E-state index in [1.807, 2.05) is 13.8 Å². The van der Waals surface area contributed by atoms with Crippen LogP contribution in [0.2, 0.25) is 0 Å². The smallest absolute Gasteiger partial charge is 0.309 e. The van der Waals surface area contributed by atoms with Crippen molar-refractivity contribution in [3.8, 4) is 0 Å². The molecular weight excluding hydrogens is 218 g/mol. The molecule has 3 unspecified atom stereocenters. The number of hydrogen-bond acceptors (Lipinski definition) is 4. The average molecular weight is 245 g/mol. The molecule has 0 aliphatic rings. The SMILES string of the molecule is CCCC(CCO)CNC(C)C(C)C(=O)OC. The van der Waals surface area contributed by atoms with Gasteiger partial charge in [-0.15, -0.1) is 0 Å². The van der Waals surface area contributed by atoms with Gasteiger partial charge in [-0.05, 0) is 32.2 Å². The molecule has 0 aliphatic heterocycles. The van der Waals surface area contributed by atoms with Crippen molar-refractivity contribution < 1.29 is 14.6 Å². The molecule has 0 rings (SSSR count). The highest BCUT2D eigenvalue weighted by Gasteiger charge is 2.21. The lowest BCUT2D eigenvalue weighted by Crippen LogP contribution is -2.39. The third kappa shape index (κ3) is 6.64. The first-order chi connectivity index (χ1) is 8.06. The topological polar surface area (TPSA) is 58.6 Å². The monoisotopic (exact) mass is 245 g/mol. The first-order valence-corrected chi connectivity index (χ1v) is 6.48. The molecule has 17 heavy (non-hydrogen) atoms. The minimum atomic E-state index is -0.181. The van der Waals surface area contributed by atoms with E-state index in [0.717, 1.165) is 25.8 Å². The lowest BCUT2D eigenvalue weighted by molar-refractivity contribution is -0.145. The van der Waals surface area contributed by atoms with Crippen molar-refractivity contribution in [2.45, 2.75) is 46.1 Å². The molecule has 0 saturated carbocycles. The van der Waals surface area contributed by atoms with Gasteiger partial charge in [0.2, 0.25) is 0 Å². The molecule has 0 heterocycles. The number of methoxy groups -OCH3 is 1. The molecule has 0 amide bonds. The Balaban J connectivity index is 4.01. The molecule has 0 bridgehead atoms. The second-order valence-electron chi connectivity index (χ2n) is 4.68. The molecule has 0 fully saturated rings. The van der Waals surface area contributed by atoms with E-state index in [-0.39, 0.29) is 24.5 Å². The van der Waals surface area contributed by atoms with Crippen molar-refractivity contribution in [1.29, 1.82) is 0 Å². The standard InChI is InChI=1S/C13H27NO3/c1-5-6-12(7-8-15)9-14-11(3)10(2)13(16)17-4/h10-12,14-15H,5-9H2,1-4H3. The molecule has 0 aliphatic carbocycles. The molecule has 0 aromatic heterocycles. The Labute approximate surface area is 105 Å². The number of rotatable bonds is 9. The lowest BCUT2D eigenvalue weighted by Gasteiger charge is -2.23. The number of aliphatic hydroxyl groups excluding tert-OH is 1. The van der Waals surface area contributed by atoms with Crippen LogP contribution in [0.1, 0.15) is 40.0 Å². The van der Waals surface area contributed by atoms with Crippen LogP contribution >= 0.6 is 0 Å². The highest BCUT2D eigenvalue weighted by atomic mass is 16.5. The molecule has 4 heteroatoms. The van der Waals surface area contributed by atoms with Gasteiger partial charge in [0, 0.05) is 12.6 Å². The Morgan fingerprint density at radius 3 is 2.47 bits per heavy atom. The molecular formula is C13H27NO3. The van der Waals surface area contributed by atoms with Crippen LogP contribution < -0.4 is 5.32 Å². The van der Waals surface area contributed by atoms with Gasteiger partial charge in [0.25, 0.3) is 0 Å². The summed E-state index contributed by atoms with van der Waals surface area (Å²) in [5.41, 5.74) is 0. The number of hydrogen-bond donors (Lipinski definition) is 2. The Bertz CT molecular complexity index is 203. The maximum absolute atomic E-state index is 11.3. The van der Waals surface area contributed by atoms with Crippen molar-refractivity contribution in [3.63, 3.8) is 0 Å². The molecule has 0 saturated heterocycles. The van der Waals surface area contributed by atoms with E-state index >= 15 is 0 Å². The fourth-order valence-corrected chi connectivity index (χ4v) is 1.86. The van der Waals surface area contributed by atoms with Crippen LogP contribution in [0.5, 0.6) is 0 Å². The zero-order valence-electron chi connectivity index (χ0n) is 11.5. The molecule has 2 N–H and O–H groups in total. The fourth-order valence-electron chi connectivity index (χ4n) is 1.86. The number of nitrogens with one attached hydrogen (secondary N) is 1. The van der Waals surface area contributed by atoms with Gasteiger partial charge in [0.05, 0.1) is 13.0 Å². The van der Waals surface area contributed by atoms with Crippen molar-refractivity contribution >= 4 is 5.97 Å². The zero-order valence-corrected chi connectivity index (χ0v) is 11.5. The Morgan fingerprint density at radius 2 is 2.00 bits per heavy atom. The number of aliphatic hydroxyl groups is 1. The van der Waals surface area contributed by atoms with Gasteiger partial charge >= 0.3 is 5.97 Å². The largest absolute Gasteiger partial charge is 0.469 e. The van der Waals surface area contributed by atoms with E-state index in [9.17, 15) is 4.79 Å². The third-order valence-electron chi connectivity index (χ3n) is 3.29. The summed E-state index contributed by atoms with van der Waals surface area (Å²) in [5, 5.41) is 12.3. The van der Waals surface area contributed by atoms with Crippen LogP contribution in [-0.4, -0.2) is 37.4 Å². The van der Waals surface area contributed by atoms with Crippen LogP contribution in [0.3, 0.4) is 0 Å². The summed E-state index contributed by atoms with van der Waals surface area (Å²) >= 11 is 0. The van der Waals surface area contributed by atoms with E-state index in [2.05, 4.69) is 12.2 Å². The van der Waals surface area contributed by atoms with Crippen LogP contribution in [0, 0.1) is 11.8 Å². The molecule has 0 aromatic carbocycles. The minimum Gasteiger partial charge on any atom is -0.469 e. The van der Waals surface area contributed by atoms with Crippen LogP contribution in [0.25, 0.3) is 0 Å². The van der Waals surface area contributed by atoms with Crippen LogP contribution in [0.4, 0.5) is 0 Å². The number of carbonyl (C=O) groups excluding carboxylic acids is 1. The van der Waals surface area contributed by atoms with Crippen molar-refractivity contribution in [3.05, 3.63) is 0 Å². The summed E-state index contributed by atoms with van der Waals surface area (Å²) in [6.45, 7) is 7.07. The maximum Gasteiger partial charge on any atom is 0.309 e. The second kappa shape index (κ2) is 9.42. The Kier molecular flexibility index (Phi) is 9.09. The van der Waals surface area contributed by atoms with E-state index < -0.39 is 0 Å². The zero-order chi connectivity index (χ0) is 13.3. The van der Waals surface area contributed by atoms with Crippen molar-refractivity contribution in [1.82, 2.24) is 5.32 Å². The maximum atomic E-state index is 11.3. The Morgan fingerprint density at radius 1 is 1.35 bits per heavy atom. The number of ether oxygens (including phenoxy) is 1. The van der Waals surface area contributed by atoms with E-state index in [1.54, 1.807) is 0 Å². The normalized spacial score (nSPS) is 16.3. The summed E-state index contributed by atoms with van der Waals surface area (Å²) in [7, 11) is 1.41. The quantitative estimate of drug-likeness (QED) is 0.605. The van der Waals surface area contributed by atoms with Gasteiger partial charge in [-0.2, -0.15) is 0 Å². The van der Waals surface area contributed by atoms with Crippen molar-refractivity contribution in [2.24, 2.45) is 11.8 Å². The molecule has 0 aromatic rings. The average Bonchev–Trinajstić information content (AvgIpc) is 2.34. The van der Waals surface area contributed by atoms with Gasteiger partial charge in [-0.25, -0.2) is 0 Å². The summed E-state index contributed by atoms with van der Waals surface area (Å²) in [5.74, 6) is 0.160. The van der Waals surface area contributed by atoms with E-state index in [4.69, 9.17) is 9.84 Å². The van der Waals surface area contributed by atoms with Gasteiger partial charge in [0.15, 0.2) is 0 Å². The van der Waals surface area contributed by atoms with E-state index in [1.165, 1.54) is 7.11 Å². The fraction of sp³-hybridized carbons (Fsp3) is 0.923. The predicted octanol–water partition coefficient (Wildman–Crippen LogP) is 1.57. The predicted molar refractivity (Wildman–Crippen MR) is 68.7 cm³/mol. The second-order valence-corrected chi connectivity index (χ2v) is 4.68. The molecule has 0 spiro atoms. The first kappa shape index (κ1) is 16.4. The highest BCUT2D eigenvalue weighted by Crippen LogP contribution is 2.11. The van der Waals surface area contributed by atoms with Gasteiger partial charge in [-0.1, -0.05) is 20.3 Å². The lowest BCUT2D eigenvalue weighted by atomic mass is 9.98. The molecule has 102 valence electrons. The van der Waals surface area contributed by atoms with E-state index in [0.29, 0.717) is 5.92 Å². The highest BCUT2D eigenvalue weighted by molar-refractivity contribution is 5.72. The Hall–Kier alpha value is -0.610. The summed E-state index contributed by atoms with van der Waals surface area (Å²) in [6.07, 6.45) is 3.04. The molecule has 0 radical (unpaired) electrons.